The number of rotatable bonds is 6. The minimum atomic E-state index is 0.573. The van der Waals surface area contributed by atoms with Crippen LogP contribution in [0.15, 0.2) is 48.5 Å². The van der Waals surface area contributed by atoms with E-state index >= 15 is 0 Å². The van der Waals surface area contributed by atoms with E-state index in [1.807, 2.05) is 35.9 Å². The van der Waals surface area contributed by atoms with E-state index in [2.05, 4.69) is 41.6 Å². The largest absolute Gasteiger partial charge is 0.308 e. The van der Waals surface area contributed by atoms with Crippen molar-refractivity contribution in [3.8, 4) is 0 Å². The Labute approximate surface area is 158 Å². The Morgan fingerprint density at radius 2 is 1.56 bits per heavy atom. The van der Waals surface area contributed by atoms with Crippen LogP contribution >= 0.6 is 23.2 Å². The lowest BCUT2D eigenvalue weighted by Gasteiger charge is -2.10. The van der Waals surface area contributed by atoms with E-state index in [-0.39, 0.29) is 0 Å². The standard InChI is InChI=1S/C20H21Cl2N3/c1-14-17(12-23-11-16-7-4-3-5-8-16)15(2)25(24-14)13-18-19(21)9-6-10-20(18)22/h3-10,23H,11-13H2,1-2H3. The highest BCUT2D eigenvalue weighted by Gasteiger charge is 2.14. The molecule has 3 nitrogen and oxygen atoms in total. The van der Waals surface area contributed by atoms with Crippen molar-refractivity contribution in [1.82, 2.24) is 15.1 Å². The van der Waals surface area contributed by atoms with Crippen molar-refractivity contribution < 1.29 is 0 Å². The van der Waals surface area contributed by atoms with E-state index in [1.165, 1.54) is 11.1 Å². The Balaban J connectivity index is 1.72. The van der Waals surface area contributed by atoms with Crippen LogP contribution in [-0.4, -0.2) is 9.78 Å². The number of halogens is 2. The summed E-state index contributed by atoms with van der Waals surface area (Å²) in [6.07, 6.45) is 0. The van der Waals surface area contributed by atoms with Gasteiger partial charge in [-0.1, -0.05) is 59.6 Å². The average Bonchev–Trinajstić information content (AvgIpc) is 2.86. The fourth-order valence-corrected chi connectivity index (χ4v) is 3.42. The van der Waals surface area contributed by atoms with E-state index in [9.17, 15) is 0 Å². The van der Waals surface area contributed by atoms with Crippen LogP contribution in [0.3, 0.4) is 0 Å². The quantitative estimate of drug-likeness (QED) is 0.647. The molecule has 5 heteroatoms. The summed E-state index contributed by atoms with van der Waals surface area (Å²) >= 11 is 12.6. The molecule has 0 bridgehead atoms. The van der Waals surface area contributed by atoms with Crippen LogP contribution in [0.25, 0.3) is 0 Å². The molecule has 0 saturated heterocycles. The van der Waals surface area contributed by atoms with Gasteiger partial charge in [0, 0.05) is 40.0 Å². The highest BCUT2D eigenvalue weighted by molar-refractivity contribution is 6.35. The second-order valence-corrected chi connectivity index (χ2v) is 6.91. The van der Waals surface area contributed by atoms with Gasteiger partial charge >= 0.3 is 0 Å². The van der Waals surface area contributed by atoms with Crippen molar-refractivity contribution in [2.75, 3.05) is 0 Å². The summed E-state index contributed by atoms with van der Waals surface area (Å²) < 4.78 is 1.97. The number of nitrogens with one attached hydrogen (secondary N) is 1. The van der Waals surface area contributed by atoms with Crippen molar-refractivity contribution in [2.45, 2.75) is 33.5 Å². The van der Waals surface area contributed by atoms with Crippen molar-refractivity contribution in [1.29, 1.82) is 0 Å². The number of aromatic nitrogens is 2. The lowest BCUT2D eigenvalue weighted by atomic mass is 10.1. The summed E-state index contributed by atoms with van der Waals surface area (Å²) in [4.78, 5) is 0. The van der Waals surface area contributed by atoms with Crippen LogP contribution in [0, 0.1) is 13.8 Å². The maximum absolute atomic E-state index is 6.29. The molecule has 0 aliphatic carbocycles. The molecule has 0 aliphatic rings. The van der Waals surface area contributed by atoms with E-state index in [1.54, 1.807) is 0 Å². The predicted molar refractivity (Wildman–Crippen MR) is 104 cm³/mol. The molecule has 0 atom stereocenters. The van der Waals surface area contributed by atoms with Gasteiger partial charge in [0.15, 0.2) is 0 Å². The lowest BCUT2D eigenvalue weighted by molar-refractivity contribution is 0.653. The molecule has 1 aromatic heterocycles. The number of nitrogens with zero attached hydrogens (tertiary/aromatic N) is 2. The first kappa shape index (κ1) is 18.0. The van der Waals surface area contributed by atoms with Gasteiger partial charge in [0.25, 0.3) is 0 Å². The molecule has 0 radical (unpaired) electrons. The normalized spacial score (nSPS) is 11.0. The summed E-state index contributed by atoms with van der Waals surface area (Å²) in [6, 6.07) is 16.0. The number of aryl methyl sites for hydroxylation is 1. The van der Waals surface area contributed by atoms with E-state index < -0.39 is 0 Å². The Morgan fingerprint density at radius 1 is 0.880 bits per heavy atom. The topological polar surface area (TPSA) is 29.9 Å². The summed E-state index contributed by atoms with van der Waals surface area (Å²) in [6.45, 7) is 6.31. The summed E-state index contributed by atoms with van der Waals surface area (Å²) in [7, 11) is 0. The van der Waals surface area contributed by atoms with Gasteiger partial charge in [0.1, 0.15) is 0 Å². The molecule has 0 amide bonds. The Kier molecular flexibility index (Phi) is 5.79. The van der Waals surface area contributed by atoms with Crippen LogP contribution in [0.2, 0.25) is 10.0 Å². The van der Waals surface area contributed by atoms with Gasteiger partial charge in [-0.2, -0.15) is 5.10 Å². The molecule has 0 spiro atoms. The van der Waals surface area contributed by atoms with Crippen molar-refractivity contribution in [3.05, 3.63) is 86.7 Å². The van der Waals surface area contributed by atoms with Crippen LogP contribution in [0.1, 0.15) is 28.1 Å². The second-order valence-electron chi connectivity index (χ2n) is 6.10. The number of hydrogen-bond donors (Lipinski definition) is 1. The molecule has 0 aliphatic heterocycles. The van der Waals surface area contributed by atoms with Crippen LogP contribution < -0.4 is 5.32 Å². The smallest absolute Gasteiger partial charge is 0.0692 e. The van der Waals surface area contributed by atoms with Crippen molar-refractivity contribution in [2.24, 2.45) is 0 Å². The first-order chi connectivity index (χ1) is 12.1. The molecule has 25 heavy (non-hydrogen) atoms. The van der Waals surface area contributed by atoms with Gasteiger partial charge in [0.05, 0.1) is 12.2 Å². The molecule has 0 unspecified atom stereocenters. The fourth-order valence-electron chi connectivity index (χ4n) is 2.90. The molecule has 130 valence electrons. The third kappa shape index (κ3) is 4.24. The van der Waals surface area contributed by atoms with Gasteiger partial charge in [-0.15, -0.1) is 0 Å². The third-order valence-electron chi connectivity index (χ3n) is 4.37. The summed E-state index contributed by atoms with van der Waals surface area (Å²) in [5.74, 6) is 0. The highest BCUT2D eigenvalue weighted by Crippen LogP contribution is 2.26. The molecule has 2 aromatic carbocycles. The average molecular weight is 374 g/mol. The van der Waals surface area contributed by atoms with Crippen LogP contribution in [-0.2, 0) is 19.6 Å². The van der Waals surface area contributed by atoms with Gasteiger partial charge < -0.3 is 5.32 Å². The summed E-state index contributed by atoms with van der Waals surface area (Å²) in [5, 5.41) is 9.51. The van der Waals surface area contributed by atoms with Gasteiger partial charge in [0.2, 0.25) is 0 Å². The van der Waals surface area contributed by atoms with E-state index in [0.717, 1.165) is 30.0 Å². The molecule has 3 rings (SSSR count). The highest BCUT2D eigenvalue weighted by atomic mass is 35.5. The van der Waals surface area contributed by atoms with Crippen LogP contribution in [0.4, 0.5) is 0 Å². The van der Waals surface area contributed by atoms with Crippen LogP contribution in [0.5, 0.6) is 0 Å². The van der Waals surface area contributed by atoms with Gasteiger partial charge in [-0.05, 0) is 31.5 Å². The molecule has 1 N–H and O–H groups in total. The predicted octanol–water partition coefficient (Wildman–Crippen LogP) is 5.14. The second kappa shape index (κ2) is 8.05. The zero-order chi connectivity index (χ0) is 17.8. The van der Waals surface area contributed by atoms with E-state index in [4.69, 9.17) is 23.2 Å². The first-order valence-electron chi connectivity index (χ1n) is 8.26. The first-order valence-corrected chi connectivity index (χ1v) is 9.02. The minimum absolute atomic E-state index is 0.573. The monoisotopic (exact) mass is 373 g/mol. The van der Waals surface area contributed by atoms with Crippen molar-refractivity contribution in [3.63, 3.8) is 0 Å². The summed E-state index contributed by atoms with van der Waals surface area (Å²) in [5.41, 5.74) is 5.56. The molecule has 1 heterocycles. The minimum Gasteiger partial charge on any atom is -0.308 e. The zero-order valence-electron chi connectivity index (χ0n) is 14.4. The van der Waals surface area contributed by atoms with Gasteiger partial charge in [-0.3, -0.25) is 4.68 Å². The Morgan fingerprint density at radius 3 is 2.24 bits per heavy atom. The Bertz CT molecular complexity index is 837. The zero-order valence-corrected chi connectivity index (χ0v) is 15.9. The number of hydrogen-bond acceptors (Lipinski definition) is 2. The molecule has 0 saturated carbocycles. The molecular weight excluding hydrogens is 353 g/mol. The third-order valence-corrected chi connectivity index (χ3v) is 5.08. The maximum atomic E-state index is 6.29. The maximum Gasteiger partial charge on any atom is 0.0692 e. The van der Waals surface area contributed by atoms with E-state index in [0.29, 0.717) is 16.6 Å². The molecule has 3 aromatic rings. The lowest BCUT2D eigenvalue weighted by Crippen LogP contribution is -2.14. The Hall–Kier alpha value is -1.81. The molecular formula is C20H21Cl2N3. The fraction of sp³-hybridized carbons (Fsp3) is 0.250. The SMILES string of the molecule is Cc1nn(Cc2c(Cl)cccc2Cl)c(C)c1CNCc1ccccc1. The van der Waals surface area contributed by atoms with Crippen molar-refractivity contribution >= 4 is 23.2 Å². The number of benzene rings is 2. The molecule has 0 fully saturated rings. The van der Waals surface area contributed by atoms with Gasteiger partial charge in [-0.25, -0.2) is 0 Å².